The molecule has 24 heavy (non-hydrogen) atoms. The number of hydrogen-bond acceptors (Lipinski definition) is 4. The van der Waals surface area contributed by atoms with Gasteiger partial charge in [-0.3, -0.25) is 14.9 Å². The maximum Gasteiger partial charge on any atom is 0.288 e. The zero-order valence-electron chi connectivity index (χ0n) is 12.0. The molecule has 7 heteroatoms. The second-order valence-corrected chi connectivity index (χ2v) is 6.28. The van der Waals surface area contributed by atoms with Gasteiger partial charge < -0.3 is 4.42 Å². The number of nitrogens with zero attached hydrogens (tertiary/aromatic N) is 1. The van der Waals surface area contributed by atoms with Gasteiger partial charge in [0.1, 0.15) is 10.6 Å². The average molecular weight is 407 g/mol. The van der Waals surface area contributed by atoms with Crippen LogP contribution in [0.2, 0.25) is 5.02 Å². The molecule has 0 unspecified atom stereocenters. The van der Waals surface area contributed by atoms with Gasteiger partial charge in [0.2, 0.25) is 5.78 Å². The van der Waals surface area contributed by atoms with Gasteiger partial charge in [-0.05, 0) is 42.0 Å². The summed E-state index contributed by atoms with van der Waals surface area (Å²) in [5, 5.41) is 11.7. The van der Waals surface area contributed by atoms with E-state index in [0.29, 0.717) is 11.1 Å². The fourth-order valence-electron chi connectivity index (χ4n) is 2.16. The number of benzene rings is 2. The molecule has 0 bridgehead atoms. The van der Waals surface area contributed by atoms with Crippen molar-refractivity contribution in [3.63, 3.8) is 0 Å². The third-order valence-corrected chi connectivity index (χ3v) is 4.13. The molecule has 0 saturated carbocycles. The monoisotopic (exact) mass is 405 g/mol. The summed E-state index contributed by atoms with van der Waals surface area (Å²) in [5.41, 5.74) is 0.898. The van der Waals surface area contributed by atoms with Crippen LogP contribution in [0.3, 0.4) is 0 Å². The summed E-state index contributed by atoms with van der Waals surface area (Å²) in [6, 6.07) is 11.4. The van der Waals surface area contributed by atoms with E-state index in [9.17, 15) is 14.9 Å². The number of nitro benzene ring substituents is 1. The Labute approximate surface area is 149 Å². The third-order valence-electron chi connectivity index (χ3n) is 3.32. The quantitative estimate of drug-likeness (QED) is 0.243. The Morgan fingerprint density at radius 3 is 2.75 bits per heavy atom. The summed E-state index contributed by atoms with van der Waals surface area (Å²) < 4.78 is 6.39. The van der Waals surface area contributed by atoms with E-state index < -0.39 is 4.92 Å². The van der Waals surface area contributed by atoms with Crippen LogP contribution in [0.4, 0.5) is 5.69 Å². The topological polar surface area (TPSA) is 73.3 Å². The molecule has 1 heterocycles. The van der Waals surface area contributed by atoms with Crippen LogP contribution in [0.25, 0.3) is 17.0 Å². The Balaban J connectivity index is 1.86. The number of nitro groups is 1. The molecule has 0 aliphatic heterocycles. The molecule has 0 radical (unpaired) electrons. The van der Waals surface area contributed by atoms with Crippen molar-refractivity contribution in [1.29, 1.82) is 0 Å². The van der Waals surface area contributed by atoms with Crippen LogP contribution >= 0.6 is 27.5 Å². The lowest BCUT2D eigenvalue weighted by Gasteiger charge is -1.97. The first-order valence-corrected chi connectivity index (χ1v) is 7.96. The van der Waals surface area contributed by atoms with E-state index in [1.807, 2.05) is 12.1 Å². The van der Waals surface area contributed by atoms with E-state index >= 15 is 0 Å². The minimum atomic E-state index is -0.571. The van der Waals surface area contributed by atoms with Crippen molar-refractivity contribution >= 4 is 56.0 Å². The van der Waals surface area contributed by atoms with Gasteiger partial charge in [-0.25, -0.2) is 0 Å². The smallest absolute Gasteiger partial charge is 0.288 e. The SMILES string of the molecule is O=C(/C=C/c1ccc(Cl)c([N+](=O)[O-])c1)c1cc2cc(Br)ccc2o1. The molecule has 5 nitrogen and oxygen atoms in total. The van der Waals surface area contributed by atoms with Gasteiger partial charge in [0.25, 0.3) is 5.69 Å². The molecule has 3 aromatic rings. The van der Waals surface area contributed by atoms with Crippen molar-refractivity contribution in [1.82, 2.24) is 0 Å². The first-order valence-electron chi connectivity index (χ1n) is 6.79. The first-order chi connectivity index (χ1) is 11.4. The predicted octanol–water partition coefficient (Wildman–Crippen LogP) is 5.65. The molecule has 0 fully saturated rings. The number of allylic oxidation sites excluding steroid dienone is 1. The number of rotatable bonds is 4. The third kappa shape index (κ3) is 3.39. The van der Waals surface area contributed by atoms with Crippen LogP contribution in [-0.2, 0) is 0 Å². The summed E-state index contributed by atoms with van der Waals surface area (Å²) in [6.07, 6.45) is 2.79. The molecule has 120 valence electrons. The van der Waals surface area contributed by atoms with Crippen molar-refractivity contribution in [3.05, 3.63) is 79.5 Å². The Bertz CT molecular complexity index is 993. The van der Waals surface area contributed by atoms with Crippen LogP contribution < -0.4 is 0 Å². The van der Waals surface area contributed by atoms with E-state index in [0.717, 1.165) is 9.86 Å². The van der Waals surface area contributed by atoms with Crippen LogP contribution in [0.15, 0.2) is 57.4 Å². The van der Waals surface area contributed by atoms with Crippen LogP contribution in [0.1, 0.15) is 16.1 Å². The van der Waals surface area contributed by atoms with E-state index in [-0.39, 0.29) is 22.3 Å². The molecular formula is C17H9BrClNO4. The van der Waals surface area contributed by atoms with Crippen LogP contribution in [0, 0.1) is 10.1 Å². The highest BCUT2D eigenvalue weighted by atomic mass is 79.9. The molecule has 2 aromatic carbocycles. The predicted molar refractivity (Wildman–Crippen MR) is 95.4 cm³/mol. The minimum absolute atomic E-state index is 0.0475. The molecule has 0 aliphatic carbocycles. The van der Waals surface area contributed by atoms with E-state index in [2.05, 4.69) is 15.9 Å². The summed E-state index contributed by atoms with van der Waals surface area (Å²) >= 11 is 9.11. The van der Waals surface area contributed by atoms with Crippen molar-refractivity contribution in [2.75, 3.05) is 0 Å². The fraction of sp³-hybridized carbons (Fsp3) is 0. The Morgan fingerprint density at radius 2 is 2.00 bits per heavy atom. The highest BCUT2D eigenvalue weighted by Gasteiger charge is 2.13. The highest BCUT2D eigenvalue weighted by molar-refractivity contribution is 9.10. The number of halogens is 2. The Morgan fingerprint density at radius 1 is 1.21 bits per heavy atom. The lowest BCUT2D eigenvalue weighted by Crippen LogP contribution is -1.92. The fourth-order valence-corrected chi connectivity index (χ4v) is 2.73. The van der Waals surface area contributed by atoms with E-state index in [1.54, 1.807) is 18.2 Å². The molecule has 0 aliphatic rings. The van der Waals surface area contributed by atoms with Crippen molar-refractivity contribution in [2.24, 2.45) is 0 Å². The van der Waals surface area contributed by atoms with Gasteiger partial charge in [-0.15, -0.1) is 0 Å². The second-order valence-electron chi connectivity index (χ2n) is 4.96. The molecule has 0 N–H and O–H groups in total. The van der Waals surface area contributed by atoms with Gasteiger partial charge in [0.05, 0.1) is 4.92 Å². The maximum absolute atomic E-state index is 12.2. The molecule has 0 saturated heterocycles. The number of furan rings is 1. The van der Waals surface area contributed by atoms with Crippen molar-refractivity contribution in [2.45, 2.75) is 0 Å². The summed E-state index contributed by atoms with van der Waals surface area (Å²) in [5.74, 6) is -0.136. The van der Waals surface area contributed by atoms with Crippen molar-refractivity contribution in [3.8, 4) is 0 Å². The highest BCUT2D eigenvalue weighted by Crippen LogP contribution is 2.26. The largest absolute Gasteiger partial charge is 0.453 e. The van der Waals surface area contributed by atoms with E-state index in [4.69, 9.17) is 16.0 Å². The van der Waals surface area contributed by atoms with E-state index in [1.165, 1.54) is 24.3 Å². The zero-order chi connectivity index (χ0) is 17.3. The van der Waals surface area contributed by atoms with Gasteiger partial charge in [0.15, 0.2) is 5.76 Å². The first kappa shape index (κ1) is 16.4. The number of ketones is 1. The lowest BCUT2D eigenvalue weighted by atomic mass is 10.1. The van der Waals surface area contributed by atoms with Gasteiger partial charge in [0, 0.05) is 15.9 Å². The lowest BCUT2D eigenvalue weighted by molar-refractivity contribution is -0.384. The van der Waals surface area contributed by atoms with Crippen molar-refractivity contribution < 1.29 is 14.1 Å². The van der Waals surface area contributed by atoms with Gasteiger partial charge in [-0.2, -0.15) is 0 Å². The summed E-state index contributed by atoms with van der Waals surface area (Å²) in [7, 11) is 0. The van der Waals surface area contributed by atoms with Gasteiger partial charge >= 0.3 is 0 Å². The Hall–Kier alpha value is -2.44. The molecular weight excluding hydrogens is 398 g/mol. The Kier molecular flexibility index (Phi) is 4.51. The maximum atomic E-state index is 12.2. The molecule has 0 atom stereocenters. The number of hydrogen-bond donors (Lipinski definition) is 0. The summed E-state index contributed by atoms with van der Waals surface area (Å²) in [6.45, 7) is 0. The number of carbonyl (C=O) groups is 1. The molecule has 0 amide bonds. The molecule has 0 spiro atoms. The van der Waals surface area contributed by atoms with Crippen LogP contribution in [0.5, 0.6) is 0 Å². The molecule has 1 aromatic heterocycles. The van der Waals surface area contributed by atoms with Gasteiger partial charge in [-0.1, -0.05) is 39.7 Å². The standard InChI is InChI=1S/C17H9BrClNO4/c18-12-3-6-16-11(8-12)9-17(24-16)15(21)5-2-10-1-4-13(19)14(7-10)20(22)23/h1-9H/b5-2+. The zero-order valence-corrected chi connectivity index (χ0v) is 14.4. The summed E-state index contributed by atoms with van der Waals surface area (Å²) in [4.78, 5) is 22.5. The second kappa shape index (κ2) is 6.59. The van der Waals surface area contributed by atoms with Crippen LogP contribution in [-0.4, -0.2) is 10.7 Å². The normalized spacial score (nSPS) is 11.2. The number of fused-ring (bicyclic) bond motifs is 1. The molecule has 3 rings (SSSR count). The minimum Gasteiger partial charge on any atom is -0.453 e. The number of carbonyl (C=O) groups excluding carboxylic acids is 1. The average Bonchev–Trinajstić information content (AvgIpc) is 2.96.